The summed E-state index contributed by atoms with van der Waals surface area (Å²) >= 11 is 5.79. The Morgan fingerprint density at radius 2 is 1.89 bits per heavy atom. The van der Waals surface area contributed by atoms with Crippen LogP contribution in [0.25, 0.3) is 0 Å². The summed E-state index contributed by atoms with van der Waals surface area (Å²) in [6.07, 6.45) is -1.12. The second-order valence-electron chi connectivity index (χ2n) is 5.59. The minimum absolute atomic E-state index is 0.00873. The van der Waals surface area contributed by atoms with Crippen LogP contribution in [0.3, 0.4) is 0 Å². The molecule has 6 nitrogen and oxygen atoms in total. The van der Waals surface area contributed by atoms with E-state index in [0.29, 0.717) is 11.3 Å². The summed E-state index contributed by atoms with van der Waals surface area (Å²) in [6.45, 7) is 2.26. The van der Waals surface area contributed by atoms with Gasteiger partial charge in [0.2, 0.25) is 0 Å². The normalized spacial score (nSPS) is 11.4. The first-order chi connectivity index (χ1) is 12.8. The average Bonchev–Trinajstić information content (AvgIpc) is 2.61. The predicted octanol–water partition coefficient (Wildman–Crippen LogP) is 3.63. The number of esters is 1. The van der Waals surface area contributed by atoms with Crippen molar-refractivity contribution in [3.8, 4) is 5.75 Å². The molecular formula is C19H17ClFNO5. The summed E-state index contributed by atoms with van der Waals surface area (Å²) in [5, 5.41) is 2.55. The molecule has 0 unspecified atom stereocenters. The summed E-state index contributed by atoms with van der Waals surface area (Å²) in [5.74, 6) is -2.04. The number of anilines is 1. The van der Waals surface area contributed by atoms with Gasteiger partial charge in [-0.1, -0.05) is 23.7 Å². The zero-order valence-corrected chi connectivity index (χ0v) is 15.4. The minimum Gasteiger partial charge on any atom is -0.480 e. The topological polar surface area (TPSA) is 81.7 Å². The molecule has 142 valence electrons. The number of carbonyl (C=O) groups excluding carboxylic acids is 3. The van der Waals surface area contributed by atoms with Crippen LogP contribution in [0.4, 0.5) is 10.1 Å². The molecule has 0 spiro atoms. The van der Waals surface area contributed by atoms with Gasteiger partial charge in [-0.05, 0) is 44.2 Å². The summed E-state index contributed by atoms with van der Waals surface area (Å²) in [6, 6.07) is 9.95. The van der Waals surface area contributed by atoms with Gasteiger partial charge in [0.25, 0.3) is 5.91 Å². The molecule has 0 aliphatic carbocycles. The molecule has 0 radical (unpaired) electrons. The third kappa shape index (κ3) is 5.79. The van der Waals surface area contributed by atoms with Crippen LogP contribution in [0, 0.1) is 5.82 Å². The molecule has 2 aromatic rings. The Hall–Kier alpha value is -2.93. The molecule has 2 aromatic carbocycles. The number of nitrogens with one attached hydrogen (secondary N) is 1. The number of carbonyl (C=O) groups is 3. The summed E-state index contributed by atoms with van der Waals surface area (Å²) in [4.78, 5) is 35.6. The van der Waals surface area contributed by atoms with Crippen LogP contribution in [0.1, 0.15) is 24.2 Å². The summed E-state index contributed by atoms with van der Waals surface area (Å²) < 4.78 is 23.1. The van der Waals surface area contributed by atoms with E-state index in [2.05, 4.69) is 5.32 Å². The second kappa shape index (κ2) is 9.14. The van der Waals surface area contributed by atoms with E-state index in [1.165, 1.54) is 19.9 Å². The van der Waals surface area contributed by atoms with Crippen LogP contribution in [-0.4, -0.2) is 30.4 Å². The predicted molar refractivity (Wildman–Crippen MR) is 97.5 cm³/mol. The smallest absolute Gasteiger partial charge is 0.344 e. The first-order valence-electron chi connectivity index (χ1n) is 7.96. The highest BCUT2D eigenvalue weighted by atomic mass is 35.5. The van der Waals surface area contributed by atoms with E-state index in [-0.39, 0.29) is 16.6 Å². The molecule has 0 bridgehead atoms. The number of ether oxygens (including phenoxy) is 2. The van der Waals surface area contributed by atoms with Gasteiger partial charge in [-0.25, -0.2) is 9.18 Å². The summed E-state index contributed by atoms with van der Waals surface area (Å²) in [7, 11) is 0. The van der Waals surface area contributed by atoms with Gasteiger partial charge >= 0.3 is 5.97 Å². The van der Waals surface area contributed by atoms with Crippen LogP contribution < -0.4 is 10.1 Å². The van der Waals surface area contributed by atoms with E-state index >= 15 is 0 Å². The maximum absolute atomic E-state index is 13.0. The van der Waals surface area contributed by atoms with Gasteiger partial charge in [0, 0.05) is 5.56 Å². The van der Waals surface area contributed by atoms with Crippen molar-refractivity contribution in [3.63, 3.8) is 0 Å². The van der Waals surface area contributed by atoms with Crippen molar-refractivity contribution in [2.24, 2.45) is 0 Å². The molecule has 1 amide bonds. The Balaban J connectivity index is 1.90. The van der Waals surface area contributed by atoms with Crippen molar-refractivity contribution >= 4 is 34.9 Å². The van der Waals surface area contributed by atoms with E-state index in [1.54, 1.807) is 24.3 Å². The molecule has 27 heavy (non-hydrogen) atoms. The highest BCUT2D eigenvalue weighted by Gasteiger charge is 2.20. The average molecular weight is 394 g/mol. The Kier molecular flexibility index (Phi) is 6.90. The van der Waals surface area contributed by atoms with Gasteiger partial charge < -0.3 is 14.8 Å². The van der Waals surface area contributed by atoms with Crippen molar-refractivity contribution in [2.45, 2.75) is 20.0 Å². The molecule has 1 N–H and O–H groups in total. The molecular weight excluding hydrogens is 377 g/mol. The van der Waals surface area contributed by atoms with E-state index < -0.39 is 30.4 Å². The standard InChI is InChI=1S/C19H17ClFNO5/c1-11(23)14-5-3-4-6-16(14)22-19(25)12(2)27-18(24)10-26-17-8-7-13(21)9-15(17)20/h3-9,12H,10H2,1-2H3,(H,22,25)/t12-/m1/s1. The van der Waals surface area contributed by atoms with Crippen LogP contribution in [0.2, 0.25) is 5.02 Å². The van der Waals surface area contributed by atoms with Crippen LogP contribution in [0.15, 0.2) is 42.5 Å². The molecule has 0 fully saturated rings. The number of Topliss-reactive ketones (excluding diaryl/α,β-unsaturated/α-hetero) is 1. The first kappa shape index (κ1) is 20.4. The lowest BCUT2D eigenvalue weighted by atomic mass is 10.1. The molecule has 0 aromatic heterocycles. The molecule has 0 aliphatic rings. The molecule has 0 heterocycles. The monoisotopic (exact) mass is 393 g/mol. The number of halogens is 2. The van der Waals surface area contributed by atoms with Gasteiger partial charge in [-0.3, -0.25) is 9.59 Å². The van der Waals surface area contributed by atoms with Gasteiger partial charge in [0.15, 0.2) is 18.5 Å². The van der Waals surface area contributed by atoms with Crippen molar-refractivity contribution in [1.82, 2.24) is 0 Å². The zero-order chi connectivity index (χ0) is 20.0. The first-order valence-corrected chi connectivity index (χ1v) is 8.34. The fourth-order valence-electron chi connectivity index (χ4n) is 2.15. The Morgan fingerprint density at radius 3 is 2.56 bits per heavy atom. The maximum Gasteiger partial charge on any atom is 0.344 e. The van der Waals surface area contributed by atoms with Gasteiger partial charge in [0.1, 0.15) is 11.6 Å². The van der Waals surface area contributed by atoms with Crippen LogP contribution in [0.5, 0.6) is 5.75 Å². The molecule has 0 saturated carbocycles. The largest absolute Gasteiger partial charge is 0.480 e. The lowest BCUT2D eigenvalue weighted by Gasteiger charge is -2.15. The molecule has 0 aliphatic heterocycles. The second-order valence-corrected chi connectivity index (χ2v) is 5.99. The Morgan fingerprint density at radius 1 is 1.19 bits per heavy atom. The lowest BCUT2D eigenvalue weighted by Crippen LogP contribution is -2.32. The lowest BCUT2D eigenvalue weighted by molar-refractivity contribution is -0.155. The van der Waals surface area contributed by atoms with Crippen LogP contribution >= 0.6 is 11.6 Å². The number of ketones is 1. The van der Waals surface area contributed by atoms with E-state index in [1.807, 2.05) is 0 Å². The van der Waals surface area contributed by atoms with Crippen molar-refractivity contribution in [1.29, 1.82) is 0 Å². The number of hydrogen-bond donors (Lipinski definition) is 1. The third-order valence-electron chi connectivity index (χ3n) is 3.48. The number of para-hydroxylation sites is 1. The van der Waals surface area contributed by atoms with Crippen molar-refractivity contribution in [3.05, 3.63) is 58.9 Å². The number of hydrogen-bond acceptors (Lipinski definition) is 5. The van der Waals surface area contributed by atoms with E-state index in [4.69, 9.17) is 21.1 Å². The maximum atomic E-state index is 13.0. The number of amides is 1. The quantitative estimate of drug-likeness (QED) is 0.573. The number of benzene rings is 2. The Bertz CT molecular complexity index is 871. The molecule has 1 atom stereocenters. The minimum atomic E-state index is -1.12. The highest BCUT2D eigenvalue weighted by molar-refractivity contribution is 6.32. The van der Waals surface area contributed by atoms with E-state index in [0.717, 1.165) is 12.1 Å². The summed E-state index contributed by atoms with van der Waals surface area (Å²) in [5.41, 5.74) is 0.672. The zero-order valence-electron chi connectivity index (χ0n) is 14.6. The SMILES string of the molecule is CC(=O)c1ccccc1NC(=O)[C@@H](C)OC(=O)COc1ccc(F)cc1Cl. The van der Waals surface area contributed by atoms with Gasteiger partial charge in [-0.2, -0.15) is 0 Å². The fraction of sp³-hybridized carbons (Fsp3) is 0.211. The van der Waals surface area contributed by atoms with E-state index in [9.17, 15) is 18.8 Å². The highest BCUT2D eigenvalue weighted by Crippen LogP contribution is 2.24. The van der Waals surface area contributed by atoms with Crippen molar-refractivity contribution in [2.75, 3.05) is 11.9 Å². The molecule has 8 heteroatoms. The van der Waals surface area contributed by atoms with Gasteiger partial charge in [-0.15, -0.1) is 0 Å². The van der Waals surface area contributed by atoms with Crippen LogP contribution in [-0.2, 0) is 14.3 Å². The fourth-order valence-corrected chi connectivity index (χ4v) is 2.37. The molecule has 2 rings (SSSR count). The molecule has 0 saturated heterocycles. The number of rotatable bonds is 7. The third-order valence-corrected chi connectivity index (χ3v) is 3.78. The van der Waals surface area contributed by atoms with Crippen molar-refractivity contribution < 1.29 is 28.2 Å². The van der Waals surface area contributed by atoms with Gasteiger partial charge in [0.05, 0.1) is 10.7 Å². The Labute approximate surface area is 160 Å².